The molecule has 23 heavy (non-hydrogen) atoms. The molecule has 1 aliphatic heterocycles. The molecule has 1 saturated heterocycles. The SMILES string of the molecule is CCCN(CC1CCCCO1)C(=O)NCCCc1cnn(C)c1. The first-order chi connectivity index (χ1) is 11.2. The zero-order chi connectivity index (χ0) is 16.5. The maximum atomic E-state index is 12.4. The van der Waals surface area contributed by atoms with Gasteiger partial charge >= 0.3 is 6.03 Å². The third-order valence-electron chi connectivity index (χ3n) is 4.16. The van der Waals surface area contributed by atoms with E-state index in [0.29, 0.717) is 13.1 Å². The lowest BCUT2D eigenvalue weighted by Gasteiger charge is -2.30. The second kappa shape index (κ2) is 9.55. The highest BCUT2D eigenvalue weighted by atomic mass is 16.5. The number of rotatable bonds is 8. The highest BCUT2D eigenvalue weighted by Gasteiger charge is 2.20. The summed E-state index contributed by atoms with van der Waals surface area (Å²) in [4.78, 5) is 14.3. The van der Waals surface area contributed by atoms with Crippen LogP contribution in [-0.4, -0.2) is 53.1 Å². The Hall–Kier alpha value is -1.56. The van der Waals surface area contributed by atoms with E-state index < -0.39 is 0 Å². The largest absolute Gasteiger partial charge is 0.376 e. The van der Waals surface area contributed by atoms with Gasteiger partial charge in [-0.15, -0.1) is 0 Å². The molecule has 2 amide bonds. The summed E-state index contributed by atoms with van der Waals surface area (Å²) in [5, 5.41) is 7.19. The van der Waals surface area contributed by atoms with Gasteiger partial charge in [0.2, 0.25) is 0 Å². The summed E-state index contributed by atoms with van der Waals surface area (Å²) in [6.45, 7) is 5.12. The van der Waals surface area contributed by atoms with Crippen molar-refractivity contribution in [1.29, 1.82) is 0 Å². The number of aromatic nitrogens is 2. The van der Waals surface area contributed by atoms with Gasteiger partial charge in [0.25, 0.3) is 0 Å². The van der Waals surface area contributed by atoms with Crippen LogP contribution >= 0.6 is 0 Å². The highest BCUT2D eigenvalue weighted by molar-refractivity contribution is 5.74. The van der Waals surface area contributed by atoms with Crippen LogP contribution in [0.1, 0.15) is 44.6 Å². The van der Waals surface area contributed by atoms with Crippen molar-refractivity contribution in [3.8, 4) is 0 Å². The number of aryl methyl sites for hydroxylation is 2. The summed E-state index contributed by atoms with van der Waals surface area (Å²) < 4.78 is 7.57. The Bertz CT molecular complexity index is 469. The number of hydrogen-bond acceptors (Lipinski definition) is 3. The van der Waals surface area contributed by atoms with E-state index in [-0.39, 0.29) is 12.1 Å². The fourth-order valence-electron chi connectivity index (χ4n) is 2.94. The van der Waals surface area contributed by atoms with Crippen molar-refractivity contribution in [2.75, 3.05) is 26.2 Å². The molecule has 0 saturated carbocycles. The molecule has 2 rings (SSSR count). The first-order valence-corrected chi connectivity index (χ1v) is 8.81. The monoisotopic (exact) mass is 322 g/mol. The smallest absolute Gasteiger partial charge is 0.317 e. The van der Waals surface area contributed by atoms with E-state index in [9.17, 15) is 4.79 Å². The molecule has 1 fully saturated rings. The van der Waals surface area contributed by atoms with Crippen LogP contribution in [0.5, 0.6) is 0 Å². The number of hydrogen-bond donors (Lipinski definition) is 1. The lowest BCUT2D eigenvalue weighted by Crippen LogP contribution is -2.45. The third kappa shape index (κ3) is 6.22. The van der Waals surface area contributed by atoms with Gasteiger partial charge in [-0.05, 0) is 44.1 Å². The molecule has 2 heterocycles. The molecule has 0 aromatic carbocycles. The van der Waals surface area contributed by atoms with Crippen LogP contribution in [0.2, 0.25) is 0 Å². The molecule has 0 aliphatic carbocycles. The molecule has 1 atom stereocenters. The van der Waals surface area contributed by atoms with Gasteiger partial charge in [0.1, 0.15) is 0 Å². The molecular weight excluding hydrogens is 292 g/mol. The predicted molar refractivity (Wildman–Crippen MR) is 90.4 cm³/mol. The average Bonchev–Trinajstić information content (AvgIpc) is 2.97. The van der Waals surface area contributed by atoms with Gasteiger partial charge in [0.15, 0.2) is 0 Å². The summed E-state index contributed by atoms with van der Waals surface area (Å²) in [5.41, 5.74) is 1.21. The molecule has 6 nitrogen and oxygen atoms in total. The zero-order valence-corrected chi connectivity index (χ0v) is 14.5. The van der Waals surface area contributed by atoms with Crippen LogP contribution in [0, 0.1) is 0 Å². The Balaban J connectivity index is 1.69. The van der Waals surface area contributed by atoms with Crippen LogP contribution in [-0.2, 0) is 18.2 Å². The van der Waals surface area contributed by atoms with E-state index in [1.807, 2.05) is 24.3 Å². The van der Waals surface area contributed by atoms with Gasteiger partial charge in [0, 0.05) is 39.5 Å². The number of amides is 2. The van der Waals surface area contributed by atoms with E-state index in [0.717, 1.165) is 45.3 Å². The summed E-state index contributed by atoms with van der Waals surface area (Å²) >= 11 is 0. The van der Waals surface area contributed by atoms with Crippen LogP contribution in [0.4, 0.5) is 4.79 Å². The zero-order valence-electron chi connectivity index (χ0n) is 14.5. The van der Waals surface area contributed by atoms with Crippen LogP contribution in [0.3, 0.4) is 0 Å². The summed E-state index contributed by atoms with van der Waals surface area (Å²) in [6.07, 6.45) is 10.4. The first-order valence-electron chi connectivity index (χ1n) is 8.81. The molecule has 0 bridgehead atoms. The van der Waals surface area contributed by atoms with Gasteiger partial charge in [-0.25, -0.2) is 4.79 Å². The minimum atomic E-state index is 0.0345. The standard InChI is InChI=1S/C17H30N4O2/c1-3-10-21(14-16-8-4-5-11-23-16)17(22)18-9-6-7-15-12-19-20(2)13-15/h12-13,16H,3-11,14H2,1-2H3,(H,18,22). The Morgan fingerprint density at radius 1 is 1.52 bits per heavy atom. The molecular formula is C17H30N4O2. The topological polar surface area (TPSA) is 59.4 Å². The number of nitrogens with one attached hydrogen (secondary N) is 1. The second-order valence-corrected chi connectivity index (χ2v) is 6.29. The van der Waals surface area contributed by atoms with Crippen molar-refractivity contribution in [1.82, 2.24) is 20.0 Å². The minimum Gasteiger partial charge on any atom is -0.376 e. The van der Waals surface area contributed by atoms with Gasteiger partial charge < -0.3 is 15.0 Å². The van der Waals surface area contributed by atoms with Crippen molar-refractivity contribution < 1.29 is 9.53 Å². The summed E-state index contributed by atoms with van der Waals surface area (Å²) in [7, 11) is 1.92. The average molecular weight is 322 g/mol. The summed E-state index contributed by atoms with van der Waals surface area (Å²) in [6, 6.07) is 0.0345. The Morgan fingerprint density at radius 3 is 3.04 bits per heavy atom. The van der Waals surface area contributed by atoms with Crippen LogP contribution < -0.4 is 5.32 Å². The minimum absolute atomic E-state index is 0.0345. The maximum Gasteiger partial charge on any atom is 0.317 e. The Labute approximate surface area is 139 Å². The van der Waals surface area contributed by atoms with E-state index in [2.05, 4.69) is 17.3 Å². The molecule has 1 N–H and O–H groups in total. The molecule has 130 valence electrons. The molecule has 0 spiro atoms. The van der Waals surface area contributed by atoms with Gasteiger partial charge in [0.05, 0.1) is 12.3 Å². The number of nitrogens with zero attached hydrogens (tertiary/aromatic N) is 3. The predicted octanol–water partition coefficient (Wildman–Crippen LogP) is 2.34. The number of carbonyl (C=O) groups excluding carboxylic acids is 1. The third-order valence-corrected chi connectivity index (χ3v) is 4.16. The highest BCUT2D eigenvalue weighted by Crippen LogP contribution is 2.14. The second-order valence-electron chi connectivity index (χ2n) is 6.29. The van der Waals surface area contributed by atoms with E-state index >= 15 is 0 Å². The fraction of sp³-hybridized carbons (Fsp3) is 0.765. The first kappa shape index (κ1) is 17.8. The fourth-order valence-corrected chi connectivity index (χ4v) is 2.94. The Morgan fingerprint density at radius 2 is 2.39 bits per heavy atom. The molecule has 1 unspecified atom stereocenters. The van der Waals surface area contributed by atoms with Gasteiger partial charge in [-0.2, -0.15) is 5.10 Å². The van der Waals surface area contributed by atoms with Gasteiger partial charge in [-0.1, -0.05) is 6.92 Å². The molecule has 1 aromatic rings. The molecule has 1 aromatic heterocycles. The quantitative estimate of drug-likeness (QED) is 0.747. The lowest BCUT2D eigenvalue weighted by molar-refractivity contribution is 0.000727. The number of carbonyl (C=O) groups is 1. The van der Waals surface area contributed by atoms with E-state index in [4.69, 9.17) is 4.74 Å². The van der Waals surface area contributed by atoms with Crippen molar-refractivity contribution in [2.24, 2.45) is 7.05 Å². The maximum absolute atomic E-state index is 12.4. The Kier molecular flexibility index (Phi) is 7.39. The normalized spacial score (nSPS) is 17.9. The van der Waals surface area contributed by atoms with Crippen molar-refractivity contribution in [3.63, 3.8) is 0 Å². The van der Waals surface area contributed by atoms with E-state index in [1.165, 1.54) is 12.0 Å². The molecule has 0 radical (unpaired) electrons. The van der Waals surface area contributed by atoms with Crippen molar-refractivity contribution in [3.05, 3.63) is 18.0 Å². The van der Waals surface area contributed by atoms with E-state index in [1.54, 1.807) is 4.68 Å². The lowest BCUT2D eigenvalue weighted by atomic mass is 10.1. The molecule has 6 heteroatoms. The number of ether oxygens (including phenoxy) is 1. The van der Waals surface area contributed by atoms with Gasteiger partial charge in [-0.3, -0.25) is 4.68 Å². The van der Waals surface area contributed by atoms with Crippen molar-refractivity contribution in [2.45, 2.75) is 51.6 Å². The van der Waals surface area contributed by atoms with Crippen molar-refractivity contribution >= 4 is 6.03 Å². The molecule has 1 aliphatic rings. The number of urea groups is 1. The van der Waals surface area contributed by atoms with Crippen LogP contribution in [0.15, 0.2) is 12.4 Å². The summed E-state index contributed by atoms with van der Waals surface area (Å²) in [5.74, 6) is 0. The van der Waals surface area contributed by atoms with Crippen LogP contribution in [0.25, 0.3) is 0 Å².